The zero-order chi connectivity index (χ0) is 13.7. The van der Waals surface area contributed by atoms with Gasteiger partial charge in [0.05, 0.1) is 11.8 Å². The van der Waals surface area contributed by atoms with E-state index in [9.17, 15) is 4.79 Å². The molecular formula is C15H19ClN2OS. The number of carbonyl (C=O) groups excluding carboxylic acids is 1. The number of carbonyl (C=O) groups is 1. The fourth-order valence-corrected chi connectivity index (χ4v) is 2.42. The molecule has 2 rings (SSSR count). The predicted molar refractivity (Wildman–Crippen MR) is 89.5 cm³/mol. The molecule has 3 nitrogen and oxygen atoms in total. The van der Waals surface area contributed by atoms with Gasteiger partial charge in [-0.2, -0.15) is 11.8 Å². The number of thioether (sulfide) groups is 1. The van der Waals surface area contributed by atoms with Crippen molar-refractivity contribution in [3.8, 4) is 0 Å². The average Bonchev–Trinajstić information content (AvgIpc) is 2.44. The van der Waals surface area contributed by atoms with Crippen molar-refractivity contribution in [2.24, 2.45) is 5.73 Å². The first-order valence-electron chi connectivity index (χ1n) is 6.21. The Bertz CT molecular complexity index is 577. The summed E-state index contributed by atoms with van der Waals surface area (Å²) in [6, 6.07) is 14.2. The van der Waals surface area contributed by atoms with Crippen molar-refractivity contribution in [1.29, 1.82) is 0 Å². The lowest BCUT2D eigenvalue weighted by atomic mass is 10.0. The molecule has 1 amide bonds. The van der Waals surface area contributed by atoms with Crippen LogP contribution in [0.2, 0.25) is 0 Å². The maximum atomic E-state index is 11.7. The van der Waals surface area contributed by atoms with E-state index in [0.29, 0.717) is 12.3 Å². The molecule has 1 unspecified atom stereocenters. The number of halogens is 1. The van der Waals surface area contributed by atoms with Crippen LogP contribution >= 0.6 is 24.2 Å². The maximum Gasteiger partial charge on any atom is 0.230 e. The van der Waals surface area contributed by atoms with Crippen LogP contribution in [-0.4, -0.2) is 24.5 Å². The Morgan fingerprint density at radius 3 is 2.60 bits per heavy atom. The summed E-state index contributed by atoms with van der Waals surface area (Å²) in [4.78, 5) is 11.7. The summed E-state index contributed by atoms with van der Waals surface area (Å²) >= 11 is 1.51. The number of amides is 1. The third-order valence-electron chi connectivity index (χ3n) is 3.02. The van der Waals surface area contributed by atoms with Gasteiger partial charge in [0.25, 0.3) is 0 Å². The van der Waals surface area contributed by atoms with Crippen LogP contribution in [0.5, 0.6) is 0 Å². The quantitative estimate of drug-likeness (QED) is 0.893. The Kier molecular flexibility index (Phi) is 6.85. The molecule has 20 heavy (non-hydrogen) atoms. The minimum Gasteiger partial charge on any atom is -0.347 e. The van der Waals surface area contributed by atoms with E-state index in [4.69, 9.17) is 5.73 Å². The molecule has 0 radical (unpaired) electrons. The molecule has 2 aromatic rings. The molecule has 0 saturated carbocycles. The molecule has 0 saturated heterocycles. The lowest BCUT2D eigenvalue weighted by molar-refractivity contribution is -0.119. The molecule has 0 aliphatic rings. The van der Waals surface area contributed by atoms with E-state index in [1.807, 2.05) is 24.5 Å². The molecule has 0 spiro atoms. The number of rotatable bonds is 5. The van der Waals surface area contributed by atoms with Crippen LogP contribution in [0.4, 0.5) is 0 Å². The van der Waals surface area contributed by atoms with E-state index >= 15 is 0 Å². The fourth-order valence-electron chi connectivity index (χ4n) is 2.07. The minimum absolute atomic E-state index is 0. The lowest BCUT2D eigenvalue weighted by Crippen LogP contribution is -2.34. The Balaban J connectivity index is 0.00000200. The fraction of sp³-hybridized carbons (Fsp3) is 0.267. The van der Waals surface area contributed by atoms with E-state index in [2.05, 4.69) is 29.6 Å². The Morgan fingerprint density at radius 2 is 1.95 bits per heavy atom. The molecular weight excluding hydrogens is 292 g/mol. The Hall–Kier alpha value is -1.23. The van der Waals surface area contributed by atoms with Gasteiger partial charge in [-0.15, -0.1) is 12.4 Å². The highest BCUT2D eigenvalue weighted by Crippen LogP contribution is 2.20. The second kappa shape index (κ2) is 8.15. The van der Waals surface area contributed by atoms with Crippen molar-refractivity contribution in [2.45, 2.75) is 6.04 Å². The minimum atomic E-state index is -0.121. The van der Waals surface area contributed by atoms with Crippen LogP contribution in [0.15, 0.2) is 42.5 Å². The number of hydrogen-bond donors (Lipinski definition) is 2. The SMILES string of the molecule is CSCC(=O)NC(CN)c1ccc2ccccc2c1.Cl. The van der Waals surface area contributed by atoms with E-state index in [1.165, 1.54) is 17.1 Å². The smallest absolute Gasteiger partial charge is 0.230 e. The Morgan fingerprint density at radius 1 is 1.25 bits per heavy atom. The zero-order valence-corrected chi connectivity index (χ0v) is 13.0. The van der Waals surface area contributed by atoms with Crippen molar-refractivity contribution in [1.82, 2.24) is 5.32 Å². The van der Waals surface area contributed by atoms with E-state index in [0.717, 1.165) is 10.9 Å². The van der Waals surface area contributed by atoms with E-state index in [-0.39, 0.29) is 24.4 Å². The average molecular weight is 311 g/mol. The van der Waals surface area contributed by atoms with Gasteiger partial charge in [0.1, 0.15) is 0 Å². The van der Waals surface area contributed by atoms with Gasteiger partial charge >= 0.3 is 0 Å². The van der Waals surface area contributed by atoms with Crippen molar-refractivity contribution in [3.63, 3.8) is 0 Å². The summed E-state index contributed by atoms with van der Waals surface area (Å²) in [5.74, 6) is 0.487. The first-order valence-corrected chi connectivity index (χ1v) is 7.61. The van der Waals surface area contributed by atoms with Crippen LogP contribution in [0.3, 0.4) is 0 Å². The molecule has 0 bridgehead atoms. The monoisotopic (exact) mass is 310 g/mol. The summed E-state index contributed by atoms with van der Waals surface area (Å²) in [6.45, 7) is 0.401. The van der Waals surface area contributed by atoms with Crippen LogP contribution < -0.4 is 11.1 Å². The standard InChI is InChI=1S/C15H18N2OS.ClH/c1-19-10-15(18)17-14(9-16)13-7-6-11-4-2-3-5-12(11)8-13;/h2-8,14H,9-10,16H2,1H3,(H,17,18);1H. The van der Waals surface area contributed by atoms with Gasteiger partial charge in [0.2, 0.25) is 5.91 Å². The molecule has 1 atom stereocenters. The van der Waals surface area contributed by atoms with Crippen molar-refractivity contribution in [2.75, 3.05) is 18.6 Å². The van der Waals surface area contributed by atoms with Crippen molar-refractivity contribution < 1.29 is 4.79 Å². The molecule has 0 aromatic heterocycles. The van der Waals surface area contributed by atoms with Crippen LogP contribution in [0.1, 0.15) is 11.6 Å². The summed E-state index contributed by atoms with van der Waals surface area (Å²) < 4.78 is 0. The van der Waals surface area contributed by atoms with Gasteiger partial charge in [-0.25, -0.2) is 0 Å². The Labute approximate surface area is 129 Å². The molecule has 3 N–H and O–H groups in total. The highest BCUT2D eigenvalue weighted by molar-refractivity contribution is 7.99. The summed E-state index contributed by atoms with van der Waals surface area (Å²) in [7, 11) is 0. The molecule has 0 heterocycles. The summed E-state index contributed by atoms with van der Waals surface area (Å²) in [5, 5.41) is 5.32. The first kappa shape index (κ1) is 16.8. The van der Waals surface area contributed by atoms with E-state index < -0.39 is 0 Å². The van der Waals surface area contributed by atoms with Crippen LogP contribution in [0, 0.1) is 0 Å². The second-order valence-electron chi connectivity index (χ2n) is 4.40. The van der Waals surface area contributed by atoms with Gasteiger partial charge in [0.15, 0.2) is 0 Å². The second-order valence-corrected chi connectivity index (χ2v) is 5.26. The van der Waals surface area contributed by atoms with Crippen molar-refractivity contribution >= 4 is 40.8 Å². The number of fused-ring (bicyclic) bond motifs is 1. The van der Waals surface area contributed by atoms with Gasteiger partial charge in [-0.1, -0.05) is 36.4 Å². The third kappa shape index (κ3) is 4.13. The number of benzene rings is 2. The highest BCUT2D eigenvalue weighted by atomic mass is 35.5. The maximum absolute atomic E-state index is 11.7. The number of nitrogens with one attached hydrogen (secondary N) is 1. The first-order chi connectivity index (χ1) is 9.24. The summed E-state index contributed by atoms with van der Waals surface area (Å²) in [5.41, 5.74) is 6.82. The number of hydrogen-bond acceptors (Lipinski definition) is 3. The van der Waals surface area contributed by atoms with Crippen LogP contribution in [-0.2, 0) is 4.79 Å². The molecule has 0 aliphatic carbocycles. The van der Waals surface area contributed by atoms with E-state index in [1.54, 1.807) is 0 Å². The normalized spacial score (nSPS) is 11.7. The molecule has 0 aliphatic heterocycles. The number of nitrogens with two attached hydrogens (primary N) is 1. The summed E-state index contributed by atoms with van der Waals surface area (Å²) in [6.07, 6.45) is 1.91. The van der Waals surface area contributed by atoms with Crippen LogP contribution in [0.25, 0.3) is 10.8 Å². The van der Waals surface area contributed by atoms with Crippen molar-refractivity contribution in [3.05, 3.63) is 48.0 Å². The molecule has 0 fully saturated rings. The largest absolute Gasteiger partial charge is 0.347 e. The third-order valence-corrected chi connectivity index (χ3v) is 3.57. The zero-order valence-electron chi connectivity index (χ0n) is 11.3. The molecule has 108 valence electrons. The van der Waals surface area contributed by atoms with Gasteiger partial charge in [-0.05, 0) is 28.7 Å². The highest BCUT2D eigenvalue weighted by Gasteiger charge is 2.12. The van der Waals surface area contributed by atoms with Gasteiger partial charge < -0.3 is 11.1 Å². The molecule has 5 heteroatoms. The van der Waals surface area contributed by atoms with Gasteiger partial charge in [0, 0.05) is 6.54 Å². The topological polar surface area (TPSA) is 55.1 Å². The lowest BCUT2D eigenvalue weighted by Gasteiger charge is -2.17. The molecule has 2 aromatic carbocycles. The predicted octanol–water partition coefficient (Wildman–Crippen LogP) is 2.74. The van der Waals surface area contributed by atoms with Gasteiger partial charge in [-0.3, -0.25) is 4.79 Å².